The second-order valence-electron chi connectivity index (χ2n) is 6.01. The molecule has 0 aliphatic carbocycles. The van der Waals surface area contributed by atoms with Crippen LogP contribution in [0.3, 0.4) is 0 Å². The van der Waals surface area contributed by atoms with Gasteiger partial charge in [0, 0.05) is 30.3 Å². The minimum Gasteiger partial charge on any atom is -0.465 e. The van der Waals surface area contributed by atoms with Gasteiger partial charge in [0.25, 0.3) is 0 Å². The predicted molar refractivity (Wildman–Crippen MR) is 111 cm³/mol. The van der Waals surface area contributed by atoms with Crippen LogP contribution in [0.4, 0.5) is 0 Å². The van der Waals surface area contributed by atoms with E-state index in [0.717, 1.165) is 43.5 Å². The van der Waals surface area contributed by atoms with Crippen molar-refractivity contribution in [1.29, 1.82) is 0 Å². The molecule has 1 aliphatic heterocycles. The van der Waals surface area contributed by atoms with Crippen LogP contribution in [0, 0.1) is 0 Å². The van der Waals surface area contributed by atoms with Gasteiger partial charge in [0.1, 0.15) is 0 Å². The van der Waals surface area contributed by atoms with Crippen molar-refractivity contribution in [3.8, 4) is 0 Å². The molecular weight excluding hydrogens is 358 g/mol. The Labute approximate surface area is 166 Å². The van der Waals surface area contributed by atoms with Crippen molar-refractivity contribution >= 4 is 17.7 Å². The summed E-state index contributed by atoms with van der Waals surface area (Å²) in [5.74, 6) is 0.613. The van der Waals surface area contributed by atoms with E-state index in [2.05, 4.69) is 29.2 Å². The summed E-state index contributed by atoms with van der Waals surface area (Å²) < 4.78 is 10.1. The molecule has 5 heteroatoms. The van der Waals surface area contributed by atoms with Crippen molar-refractivity contribution in [3.63, 3.8) is 0 Å². The molecule has 1 saturated heterocycles. The summed E-state index contributed by atoms with van der Waals surface area (Å²) >= 11 is 1.76. The summed E-state index contributed by atoms with van der Waals surface area (Å²) in [5, 5.41) is 0. The van der Waals surface area contributed by atoms with Crippen molar-refractivity contribution in [3.05, 3.63) is 65.2 Å². The van der Waals surface area contributed by atoms with Gasteiger partial charge >= 0.3 is 5.97 Å². The predicted octanol–water partition coefficient (Wildman–Crippen LogP) is 4.62. The van der Waals surface area contributed by atoms with Crippen LogP contribution >= 0.6 is 11.8 Å². The average Bonchev–Trinajstić information content (AvgIpc) is 2.75. The molecule has 2 aromatic rings. The highest BCUT2D eigenvalue weighted by atomic mass is 32.2. The second kappa shape index (κ2) is 11.8. The average molecular weight is 388 g/mol. The molecule has 1 aliphatic rings. The minimum absolute atomic E-state index is 0.299. The first-order chi connectivity index (χ1) is 13.2. The van der Waals surface area contributed by atoms with E-state index < -0.39 is 0 Å². The quantitative estimate of drug-likeness (QED) is 0.534. The number of benzene rings is 2. The normalized spacial score (nSPS) is 14.2. The molecule has 0 spiro atoms. The first-order valence-electron chi connectivity index (χ1n) is 9.44. The fraction of sp³-hybridized carbons (Fsp3) is 0.409. The van der Waals surface area contributed by atoms with Gasteiger partial charge in [-0.25, -0.2) is 4.79 Å². The smallest absolute Gasteiger partial charge is 0.337 e. The van der Waals surface area contributed by atoms with Crippen LogP contribution in [0.5, 0.6) is 0 Å². The number of carbonyl (C=O) groups is 1. The molecule has 0 unspecified atom stereocenters. The molecular formula is C22H29NO3S. The molecule has 1 fully saturated rings. The summed E-state index contributed by atoms with van der Waals surface area (Å²) in [5.41, 5.74) is 3.23. The number of ether oxygens (including phenoxy) is 2. The molecule has 0 atom stereocenters. The van der Waals surface area contributed by atoms with Crippen molar-refractivity contribution in [1.82, 2.24) is 4.90 Å². The summed E-state index contributed by atoms with van der Waals surface area (Å²) in [6.45, 7) is 8.69. The Kier molecular flexibility index (Phi) is 9.39. The van der Waals surface area contributed by atoms with Crippen LogP contribution in [-0.4, -0.2) is 44.3 Å². The topological polar surface area (TPSA) is 38.8 Å². The molecule has 4 nitrogen and oxygen atoms in total. The lowest BCUT2D eigenvalue weighted by Crippen LogP contribution is -2.35. The summed E-state index contributed by atoms with van der Waals surface area (Å²) in [7, 11) is 1.40. The molecule has 0 N–H and O–H groups in total. The van der Waals surface area contributed by atoms with Crippen LogP contribution in [0.25, 0.3) is 0 Å². The van der Waals surface area contributed by atoms with Gasteiger partial charge in [-0.05, 0) is 35.4 Å². The van der Waals surface area contributed by atoms with Crippen LogP contribution in [0.2, 0.25) is 0 Å². The lowest BCUT2D eigenvalue weighted by Gasteiger charge is -2.26. The maximum Gasteiger partial charge on any atom is 0.337 e. The van der Waals surface area contributed by atoms with E-state index in [1.54, 1.807) is 23.9 Å². The lowest BCUT2D eigenvalue weighted by atomic mass is 10.1. The Bertz CT molecular complexity index is 680. The van der Waals surface area contributed by atoms with Gasteiger partial charge < -0.3 is 9.47 Å². The molecule has 0 amide bonds. The lowest BCUT2D eigenvalue weighted by molar-refractivity contribution is 0.0342. The number of hydrogen-bond acceptors (Lipinski definition) is 5. The van der Waals surface area contributed by atoms with Crippen molar-refractivity contribution in [2.45, 2.75) is 31.0 Å². The molecule has 2 aromatic carbocycles. The maximum absolute atomic E-state index is 11.4. The van der Waals surface area contributed by atoms with Gasteiger partial charge in [-0.2, -0.15) is 0 Å². The molecule has 1 heterocycles. The third-order valence-corrected chi connectivity index (χ3v) is 5.30. The Morgan fingerprint density at radius 1 is 1.00 bits per heavy atom. The van der Waals surface area contributed by atoms with Crippen LogP contribution < -0.4 is 0 Å². The first-order valence-corrected chi connectivity index (χ1v) is 10.4. The van der Waals surface area contributed by atoms with Crippen LogP contribution in [0.15, 0.2) is 53.4 Å². The number of morpholine rings is 1. The number of thioether (sulfide) groups is 1. The van der Waals surface area contributed by atoms with E-state index in [9.17, 15) is 4.79 Å². The monoisotopic (exact) mass is 387 g/mol. The molecule has 0 bridgehead atoms. The number of nitrogens with zero attached hydrogens (tertiary/aromatic N) is 1. The van der Waals surface area contributed by atoms with E-state index in [4.69, 9.17) is 9.47 Å². The zero-order chi connectivity index (χ0) is 19.5. The van der Waals surface area contributed by atoms with Gasteiger partial charge in [-0.1, -0.05) is 38.1 Å². The fourth-order valence-corrected chi connectivity index (χ4v) is 3.58. The Balaban J connectivity index is 0.00000126. The van der Waals surface area contributed by atoms with Crippen molar-refractivity contribution < 1.29 is 14.3 Å². The highest BCUT2D eigenvalue weighted by Gasteiger charge is 2.10. The fourth-order valence-electron chi connectivity index (χ4n) is 2.73. The van der Waals surface area contributed by atoms with Crippen LogP contribution in [0.1, 0.15) is 35.3 Å². The summed E-state index contributed by atoms with van der Waals surface area (Å²) in [4.78, 5) is 15.0. The van der Waals surface area contributed by atoms with Gasteiger partial charge in [0.05, 0.1) is 25.9 Å². The molecule has 27 heavy (non-hydrogen) atoms. The highest BCUT2D eigenvalue weighted by Crippen LogP contribution is 2.23. The Morgan fingerprint density at radius 2 is 1.59 bits per heavy atom. The van der Waals surface area contributed by atoms with Gasteiger partial charge in [-0.15, -0.1) is 11.8 Å². The van der Waals surface area contributed by atoms with Crippen molar-refractivity contribution in [2.24, 2.45) is 0 Å². The molecule has 0 radical (unpaired) electrons. The number of esters is 1. The molecule has 146 valence electrons. The zero-order valence-electron chi connectivity index (χ0n) is 16.4. The SMILES string of the molecule is CC.COC(=O)c1ccc(SCc2ccc(CN3CCOCC3)cc2)cc1. The molecule has 0 aromatic heterocycles. The Morgan fingerprint density at radius 3 is 2.19 bits per heavy atom. The number of hydrogen-bond donors (Lipinski definition) is 0. The minimum atomic E-state index is -0.299. The van der Waals surface area contributed by atoms with E-state index in [-0.39, 0.29) is 5.97 Å². The third kappa shape index (κ3) is 7.01. The Hall–Kier alpha value is -1.82. The highest BCUT2D eigenvalue weighted by molar-refractivity contribution is 7.98. The van der Waals surface area contributed by atoms with E-state index in [1.807, 2.05) is 26.0 Å². The number of methoxy groups -OCH3 is 1. The van der Waals surface area contributed by atoms with Crippen LogP contribution in [-0.2, 0) is 21.8 Å². The largest absolute Gasteiger partial charge is 0.465 e. The zero-order valence-corrected chi connectivity index (χ0v) is 17.3. The summed E-state index contributed by atoms with van der Waals surface area (Å²) in [6.07, 6.45) is 0. The van der Waals surface area contributed by atoms with E-state index in [0.29, 0.717) is 5.56 Å². The molecule has 3 rings (SSSR count). The van der Waals surface area contributed by atoms with E-state index >= 15 is 0 Å². The van der Waals surface area contributed by atoms with Gasteiger partial charge in [0.2, 0.25) is 0 Å². The number of rotatable bonds is 6. The van der Waals surface area contributed by atoms with Crippen molar-refractivity contribution in [2.75, 3.05) is 33.4 Å². The second-order valence-corrected chi connectivity index (χ2v) is 7.06. The maximum atomic E-state index is 11.4. The van der Waals surface area contributed by atoms with Gasteiger partial charge in [-0.3, -0.25) is 4.90 Å². The van der Waals surface area contributed by atoms with Gasteiger partial charge in [0.15, 0.2) is 0 Å². The third-order valence-electron chi connectivity index (χ3n) is 4.21. The number of carbonyl (C=O) groups excluding carboxylic acids is 1. The molecule has 0 saturated carbocycles. The summed E-state index contributed by atoms with van der Waals surface area (Å²) in [6, 6.07) is 16.4. The van der Waals surface area contributed by atoms with E-state index in [1.165, 1.54) is 18.2 Å². The first kappa shape index (κ1) is 21.5. The standard InChI is InChI=1S/C20H23NO3S.C2H6/c1-23-20(22)18-6-8-19(9-7-18)25-15-17-4-2-16(3-5-17)14-21-10-12-24-13-11-21;1-2/h2-9H,10-15H2,1H3;1-2H3.